The summed E-state index contributed by atoms with van der Waals surface area (Å²) in [6, 6.07) is 8.22. The molecule has 4 heterocycles. The molecule has 3 atom stereocenters. The molecule has 166 valence electrons. The number of aryl methyl sites for hydroxylation is 2. The van der Waals surface area contributed by atoms with E-state index in [0.717, 1.165) is 42.0 Å². The van der Waals surface area contributed by atoms with Gasteiger partial charge in [-0.1, -0.05) is 6.92 Å². The molecule has 0 aliphatic carbocycles. The number of halogens is 1. The molecule has 7 heteroatoms. The number of rotatable bonds is 3. The Morgan fingerprint density at radius 1 is 1.03 bits per heavy atom. The van der Waals surface area contributed by atoms with Gasteiger partial charge in [0, 0.05) is 29.0 Å². The smallest absolute Gasteiger partial charge is 0.156 e. The Morgan fingerprint density at radius 3 is 2.50 bits per heavy atom. The zero-order chi connectivity index (χ0) is 22.6. The number of hydrogen-bond acceptors (Lipinski definition) is 5. The summed E-state index contributed by atoms with van der Waals surface area (Å²) in [6.45, 7) is 11.7. The van der Waals surface area contributed by atoms with E-state index in [1.165, 1.54) is 0 Å². The van der Waals surface area contributed by atoms with Crippen LogP contribution in [0, 0.1) is 19.7 Å². The highest BCUT2D eigenvalue weighted by Gasteiger charge is 2.31. The van der Waals surface area contributed by atoms with E-state index in [0.29, 0.717) is 40.2 Å². The van der Waals surface area contributed by atoms with E-state index in [1.807, 2.05) is 38.2 Å². The molecule has 0 spiro atoms. The van der Waals surface area contributed by atoms with Gasteiger partial charge in [-0.3, -0.25) is 4.90 Å². The molecule has 1 aliphatic rings. The van der Waals surface area contributed by atoms with Gasteiger partial charge in [-0.15, -0.1) is 0 Å². The molecule has 32 heavy (non-hydrogen) atoms. The summed E-state index contributed by atoms with van der Waals surface area (Å²) in [5.41, 5.74) is 5.52. The Bertz CT molecular complexity index is 1300. The van der Waals surface area contributed by atoms with Crippen molar-refractivity contribution >= 4 is 16.6 Å². The molecular weight excluding hydrogens is 403 g/mol. The van der Waals surface area contributed by atoms with E-state index in [-0.39, 0.29) is 5.82 Å². The summed E-state index contributed by atoms with van der Waals surface area (Å²) in [7, 11) is 0. The van der Waals surface area contributed by atoms with Crippen LogP contribution in [0.1, 0.15) is 56.5 Å². The van der Waals surface area contributed by atoms with Crippen molar-refractivity contribution in [1.29, 1.82) is 0 Å². The van der Waals surface area contributed by atoms with E-state index in [2.05, 4.69) is 46.0 Å². The Balaban J connectivity index is 1.52. The molecular formula is C25H29FN6. The first-order chi connectivity index (χ1) is 15.3. The van der Waals surface area contributed by atoms with Crippen LogP contribution in [0.25, 0.3) is 27.8 Å². The van der Waals surface area contributed by atoms with Crippen LogP contribution in [0.4, 0.5) is 4.39 Å². The number of fused-ring (bicyclic) bond motifs is 2. The standard InChI is InChI=1S/C25H29FN6/c1-6-31-16(4)8-18(9-17(31)5)22-12-20-21(26)10-19(11-24(20)29-28-22)23-7-14(2)25-27-15(3)13-32(25)30-23/h7,10-13,16-18H,6,8-9H2,1-5H3/t16-,17+,18?. The number of aromatic nitrogens is 5. The number of likely N-dealkylation sites (tertiary alicyclic amines) is 1. The summed E-state index contributed by atoms with van der Waals surface area (Å²) in [6.07, 6.45) is 3.92. The minimum Gasteiger partial charge on any atom is -0.298 e. The lowest BCUT2D eigenvalue weighted by Gasteiger charge is -2.41. The first-order valence-corrected chi connectivity index (χ1v) is 11.4. The monoisotopic (exact) mass is 432 g/mol. The maximum absolute atomic E-state index is 15.2. The SMILES string of the molecule is CCN1[C@H](C)CC(c2cc3c(F)cc(-c4cc(C)c5nc(C)cn5n4)cc3nn2)C[C@@H]1C. The topological polar surface area (TPSA) is 59.2 Å². The van der Waals surface area contributed by atoms with Crippen molar-refractivity contribution in [3.05, 3.63) is 53.2 Å². The van der Waals surface area contributed by atoms with E-state index in [4.69, 9.17) is 0 Å². The largest absolute Gasteiger partial charge is 0.298 e. The third-order valence-corrected chi connectivity index (χ3v) is 6.87. The second-order valence-electron chi connectivity index (χ2n) is 9.22. The quantitative estimate of drug-likeness (QED) is 0.452. The molecule has 4 aromatic rings. The zero-order valence-corrected chi connectivity index (χ0v) is 19.3. The fourth-order valence-corrected chi connectivity index (χ4v) is 5.34. The van der Waals surface area contributed by atoms with Crippen molar-refractivity contribution in [3.63, 3.8) is 0 Å². The maximum Gasteiger partial charge on any atom is 0.156 e. The van der Waals surface area contributed by atoms with Gasteiger partial charge in [0.05, 0.1) is 28.8 Å². The Kier molecular flexibility index (Phi) is 5.16. The van der Waals surface area contributed by atoms with Gasteiger partial charge in [-0.05, 0) is 76.9 Å². The predicted molar refractivity (Wildman–Crippen MR) is 124 cm³/mol. The summed E-state index contributed by atoms with van der Waals surface area (Å²) in [4.78, 5) is 7.01. The van der Waals surface area contributed by atoms with Crippen molar-refractivity contribution in [1.82, 2.24) is 29.7 Å². The molecule has 5 rings (SSSR count). The minimum absolute atomic E-state index is 0.290. The van der Waals surface area contributed by atoms with E-state index < -0.39 is 0 Å². The van der Waals surface area contributed by atoms with Gasteiger partial charge in [0.1, 0.15) is 5.82 Å². The van der Waals surface area contributed by atoms with Crippen LogP contribution < -0.4 is 0 Å². The van der Waals surface area contributed by atoms with Gasteiger partial charge in [0.25, 0.3) is 0 Å². The van der Waals surface area contributed by atoms with Crippen molar-refractivity contribution in [3.8, 4) is 11.3 Å². The predicted octanol–water partition coefficient (Wildman–Crippen LogP) is 5.07. The first-order valence-electron chi connectivity index (χ1n) is 11.4. The van der Waals surface area contributed by atoms with Crippen LogP contribution in [0.3, 0.4) is 0 Å². The summed E-state index contributed by atoms with van der Waals surface area (Å²) < 4.78 is 17.0. The van der Waals surface area contributed by atoms with Crippen LogP contribution in [-0.4, -0.2) is 48.3 Å². The molecule has 0 bridgehead atoms. The number of benzene rings is 1. The Labute approximate surface area is 187 Å². The average Bonchev–Trinajstić information content (AvgIpc) is 3.14. The van der Waals surface area contributed by atoms with Crippen molar-refractivity contribution in [2.75, 3.05) is 6.54 Å². The third-order valence-electron chi connectivity index (χ3n) is 6.87. The van der Waals surface area contributed by atoms with Gasteiger partial charge in [0.2, 0.25) is 0 Å². The van der Waals surface area contributed by atoms with Gasteiger partial charge in [0.15, 0.2) is 5.65 Å². The van der Waals surface area contributed by atoms with Crippen LogP contribution in [0.5, 0.6) is 0 Å². The summed E-state index contributed by atoms with van der Waals surface area (Å²) in [5.74, 6) is 0.0112. The molecule has 1 aliphatic heterocycles. The van der Waals surface area contributed by atoms with Crippen LogP contribution >= 0.6 is 0 Å². The Hall–Kier alpha value is -2.93. The molecule has 1 unspecified atom stereocenters. The lowest BCUT2D eigenvalue weighted by Crippen LogP contribution is -2.45. The molecule has 0 saturated carbocycles. The highest BCUT2D eigenvalue weighted by Crippen LogP contribution is 2.35. The molecule has 3 aromatic heterocycles. The lowest BCUT2D eigenvalue weighted by atomic mass is 9.84. The molecule has 0 amide bonds. The second kappa shape index (κ2) is 7.89. The van der Waals surface area contributed by atoms with Crippen molar-refractivity contribution < 1.29 is 4.39 Å². The van der Waals surface area contributed by atoms with Crippen LogP contribution in [-0.2, 0) is 0 Å². The summed E-state index contributed by atoms with van der Waals surface area (Å²) in [5, 5.41) is 14.1. The first kappa shape index (κ1) is 20.9. The minimum atomic E-state index is -0.290. The maximum atomic E-state index is 15.2. The van der Waals surface area contributed by atoms with Crippen molar-refractivity contribution in [2.24, 2.45) is 0 Å². The lowest BCUT2D eigenvalue weighted by molar-refractivity contribution is 0.0963. The van der Waals surface area contributed by atoms with E-state index in [1.54, 1.807) is 10.6 Å². The highest BCUT2D eigenvalue weighted by atomic mass is 19.1. The van der Waals surface area contributed by atoms with Crippen molar-refractivity contribution in [2.45, 2.75) is 65.5 Å². The van der Waals surface area contributed by atoms with Crippen LogP contribution in [0.2, 0.25) is 0 Å². The van der Waals surface area contributed by atoms with Gasteiger partial charge < -0.3 is 0 Å². The molecule has 0 radical (unpaired) electrons. The number of nitrogens with zero attached hydrogens (tertiary/aromatic N) is 6. The average molecular weight is 433 g/mol. The zero-order valence-electron chi connectivity index (χ0n) is 19.3. The number of hydrogen-bond donors (Lipinski definition) is 0. The second-order valence-corrected chi connectivity index (χ2v) is 9.22. The van der Waals surface area contributed by atoms with E-state index in [9.17, 15) is 0 Å². The molecule has 0 N–H and O–H groups in total. The highest BCUT2D eigenvalue weighted by molar-refractivity contribution is 5.84. The number of imidazole rings is 1. The molecule has 1 aromatic carbocycles. The van der Waals surface area contributed by atoms with Gasteiger partial charge in [-0.25, -0.2) is 13.9 Å². The molecule has 1 fully saturated rings. The van der Waals surface area contributed by atoms with Gasteiger partial charge >= 0.3 is 0 Å². The Morgan fingerprint density at radius 2 is 1.78 bits per heavy atom. The van der Waals surface area contributed by atoms with Crippen LogP contribution in [0.15, 0.2) is 30.5 Å². The molecule has 6 nitrogen and oxygen atoms in total. The van der Waals surface area contributed by atoms with E-state index >= 15 is 4.39 Å². The summed E-state index contributed by atoms with van der Waals surface area (Å²) >= 11 is 0. The normalized spacial score (nSPS) is 22.1. The fourth-order valence-electron chi connectivity index (χ4n) is 5.34. The number of piperidine rings is 1. The molecule has 1 saturated heterocycles. The van der Waals surface area contributed by atoms with Gasteiger partial charge in [-0.2, -0.15) is 15.3 Å². The fraction of sp³-hybridized carbons (Fsp3) is 0.440. The third kappa shape index (κ3) is 3.54.